The highest BCUT2D eigenvalue weighted by molar-refractivity contribution is 5.70. The highest BCUT2D eigenvalue weighted by Crippen LogP contribution is 2.13. The van der Waals surface area contributed by atoms with Crippen LogP contribution in [-0.2, 0) is 11.3 Å². The molecule has 0 spiro atoms. The van der Waals surface area contributed by atoms with Gasteiger partial charge in [0.05, 0.1) is 5.92 Å². The van der Waals surface area contributed by atoms with Gasteiger partial charge < -0.3 is 10.4 Å². The monoisotopic (exact) mass is 248 g/mol. The van der Waals surface area contributed by atoms with Gasteiger partial charge in [0.2, 0.25) is 0 Å². The van der Waals surface area contributed by atoms with Crippen molar-refractivity contribution in [2.75, 3.05) is 19.6 Å². The standard InChI is InChI=1S/C14H20N2O2/c1-11-7-15-8-13(14(17)18)10-16(11)9-12-5-3-2-4-6-12/h2-6,11,13,15H,7-10H2,1H3,(H,17,18). The summed E-state index contributed by atoms with van der Waals surface area (Å²) in [5.74, 6) is -1.03. The van der Waals surface area contributed by atoms with Crippen molar-refractivity contribution >= 4 is 5.97 Å². The molecule has 1 aliphatic rings. The summed E-state index contributed by atoms with van der Waals surface area (Å²) in [4.78, 5) is 13.4. The molecule has 2 atom stereocenters. The van der Waals surface area contributed by atoms with Crippen LogP contribution in [0.15, 0.2) is 30.3 Å². The van der Waals surface area contributed by atoms with Crippen molar-refractivity contribution in [3.8, 4) is 0 Å². The summed E-state index contributed by atoms with van der Waals surface area (Å²) < 4.78 is 0. The molecule has 1 aliphatic heterocycles. The topological polar surface area (TPSA) is 52.6 Å². The van der Waals surface area contributed by atoms with E-state index in [-0.39, 0.29) is 5.92 Å². The van der Waals surface area contributed by atoms with Gasteiger partial charge in [-0.2, -0.15) is 0 Å². The SMILES string of the molecule is CC1CNCC(C(=O)O)CN1Cc1ccccc1. The van der Waals surface area contributed by atoms with Crippen molar-refractivity contribution in [3.63, 3.8) is 0 Å². The second-order valence-electron chi connectivity index (χ2n) is 4.96. The maximum absolute atomic E-state index is 11.1. The Morgan fingerprint density at radius 3 is 2.78 bits per heavy atom. The Labute approximate surface area is 108 Å². The third-order valence-corrected chi connectivity index (χ3v) is 3.49. The van der Waals surface area contributed by atoms with Crippen molar-refractivity contribution in [1.82, 2.24) is 10.2 Å². The van der Waals surface area contributed by atoms with E-state index in [2.05, 4.69) is 29.3 Å². The zero-order valence-electron chi connectivity index (χ0n) is 10.7. The molecule has 18 heavy (non-hydrogen) atoms. The van der Waals surface area contributed by atoms with Gasteiger partial charge >= 0.3 is 5.97 Å². The quantitative estimate of drug-likeness (QED) is 0.843. The van der Waals surface area contributed by atoms with E-state index >= 15 is 0 Å². The molecular formula is C14H20N2O2. The number of carboxylic acid groups (broad SMARTS) is 1. The van der Waals surface area contributed by atoms with Gasteiger partial charge in [-0.3, -0.25) is 9.69 Å². The van der Waals surface area contributed by atoms with Gasteiger partial charge in [-0.25, -0.2) is 0 Å². The van der Waals surface area contributed by atoms with E-state index < -0.39 is 5.97 Å². The molecular weight excluding hydrogens is 228 g/mol. The van der Waals surface area contributed by atoms with Crippen molar-refractivity contribution in [3.05, 3.63) is 35.9 Å². The number of hydrogen-bond donors (Lipinski definition) is 2. The molecule has 1 heterocycles. The number of carboxylic acids is 1. The van der Waals surface area contributed by atoms with Gasteiger partial charge in [0.15, 0.2) is 0 Å². The van der Waals surface area contributed by atoms with Gasteiger partial charge in [0.25, 0.3) is 0 Å². The smallest absolute Gasteiger partial charge is 0.309 e. The molecule has 2 unspecified atom stereocenters. The molecule has 1 aromatic carbocycles. The molecule has 1 saturated heterocycles. The number of rotatable bonds is 3. The van der Waals surface area contributed by atoms with Crippen LogP contribution >= 0.6 is 0 Å². The average molecular weight is 248 g/mol. The lowest BCUT2D eigenvalue weighted by Crippen LogP contribution is -2.38. The van der Waals surface area contributed by atoms with E-state index in [1.165, 1.54) is 5.56 Å². The van der Waals surface area contributed by atoms with E-state index in [0.717, 1.165) is 13.1 Å². The number of hydrogen-bond acceptors (Lipinski definition) is 3. The Morgan fingerprint density at radius 2 is 2.11 bits per heavy atom. The number of nitrogens with one attached hydrogen (secondary N) is 1. The van der Waals surface area contributed by atoms with Crippen molar-refractivity contribution in [1.29, 1.82) is 0 Å². The molecule has 98 valence electrons. The second-order valence-corrected chi connectivity index (χ2v) is 4.96. The summed E-state index contributed by atoms with van der Waals surface area (Å²) in [6.07, 6.45) is 0. The van der Waals surface area contributed by atoms with Crippen molar-refractivity contribution in [2.45, 2.75) is 19.5 Å². The minimum atomic E-state index is -0.713. The molecule has 0 radical (unpaired) electrons. The summed E-state index contributed by atoms with van der Waals surface area (Å²) in [5.41, 5.74) is 1.23. The van der Waals surface area contributed by atoms with E-state index in [1.54, 1.807) is 0 Å². The molecule has 0 saturated carbocycles. The summed E-state index contributed by atoms with van der Waals surface area (Å²) in [6.45, 7) is 4.97. The van der Waals surface area contributed by atoms with Crippen molar-refractivity contribution < 1.29 is 9.90 Å². The van der Waals surface area contributed by atoms with E-state index in [4.69, 9.17) is 5.11 Å². The molecule has 4 nitrogen and oxygen atoms in total. The van der Waals surface area contributed by atoms with Crippen LogP contribution in [0.4, 0.5) is 0 Å². The van der Waals surface area contributed by atoms with Gasteiger partial charge in [-0.15, -0.1) is 0 Å². The highest BCUT2D eigenvalue weighted by Gasteiger charge is 2.27. The molecule has 1 aromatic rings. The first-order chi connectivity index (χ1) is 8.66. The molecule has 2 N–H and O–H groups in total. The van der Waals surface area contributed by atoms with Crippen LogP contribution < -0.4 is 5.32 Å². The number of carbonyl (C=O) groups is 1. The summed E-state index contributed by atoms with van der Waals surface area (Å²) in [7, 11) is 0. The van der Waals surface area contributed by atoms with Crippen LogP contribution in [0.3, 0.4) is 0 Å². The molecule has 0 bridgehead atoms. The molecule has 0 aliphatic carbocycles. The minimum absolute atomic E-state index is 0.321. The largest absolute Gasteiger partial charge is 0.481 e. The fraction of sp³-hybridized carbons (Fsp3) is 0.500. The van der Waals surface area contributed by atoms with Crippen LogP contribution in [0.25, 0.3) is 0 Å². The predicted molar refractivity (Wildman–Crippen MR) is 70.3 cm³/mol. The van der Waals surface area contributed by atoms with E-state index in [0.29, 0.717) is 19.1 Å². The van der Waals surface area contributed by atoms with Crippen molar-refractivity contribution in [2.24, 2.45) is 5.92 Å². The Hall–Kier alpha value is -1.39. The average Bonchev–Trinajstić information content (AvgIpc) is 2.54. The van der Waals surface area contributed by atoms with Crippen LogP contribution in [-0.4, -0.2) is 41.7 Å². The first-order valence-electron chi connectivity index (χ1n) is 6.38. The summed E-state index contributed by atoms with van der Waals surface area (Å²) >= 11 is 0. The van der Waals surface area contributed by atoms with Crippen LogP contribution in [0.2, 0.25) is 0 Å². The van der Waals surface area contributed by atoms with Crippen LogP contribution in [0.5, 0.6) is 0 Å². The molecule has 2 rings (SSSR count). The lowest BCUT2D eigenvalue weighted by atomic mass is 10.1. The van der Waals surface area contributed by atoms with Crippen LogP contribution in [0.1, 0.15) is 12.5 Å². The number of nitrogens with zero attached hydrogens (tertiary/aromatic N) is 1. The Bertz CT molecular complexity index is 394. The summed E-state index contributed by atoms with van der Waals surface area (Å²) in [5, 5.41) is 12.4. The van der Waals surface area contributed by atoms with E-state index in [9.17, 15) is 4.79 Å². The first kappa shape index (κ1) is 13.1. The van der Waals surface area contributed by atoms with Gasteiger partial charge in [0, 0.05) is 32.2 Å². The number of benzene rings is 1. The lowest BCUT2D eigenvalue weighted by molar-refractivity contribution is -0.142. The van der Waals surface area contributed by atoms with E-state index in [1.807, 2.05) is 18.2 Å². The normalized spacial score (nSPS) is 25.6. The van der Waals surface area contributed by atoms with Gasteiger partial charge in [-0.1, -0.05) is 30.3 Å². The van der Waals surface area contributed by atoms with Crippen LogP contribution in [0, 0.1) is 5.92 Å². The maximum Gasteiger partial charge on any atom is 0.309 e. The second kappa shape index (κ2) is 5.98. The third kappa shape index (κ3) is 3.31. The molecule has 0 amide bonds. The highest BCUT2D eigenvalue weighted by atomic mass is 16.4. The molecule has 1 fully saturated rings. The Morgan fingerprint density at radius 1 is 1.39 bits per heavy atom. The fourth-order valence-corrected chi connectivity index (χ4v) is 2.33. The minimum Gasteiger partial charge on any atom is -0.481 e. The first-order valence-corrected chi connectivity index (χ1v) is 6.38. The maximum atomic E-state index is 11.1. The molecule has 4 heteroatoms. The number of aliphatic carboxylic acids is 1. The van der Waals surface area contributed by atoms with Gasteiger partial charge in [-0.05, 0) is 12.5 Å². The third-order valence-electron chi connectivity index (χ3n) is 3.49. The molecule has 0 aromatic heterocycles. The summed E-state index contributed by atoms with van der Waals surface area (Å²) in [6, 6.07) is 10.6. The lowest BCUT2D eigenvalue weighted by Gasteiger charge is -2.27. The van der Waals surface area contributed by atoms with Gasteiger partial charge in [0.1, 0.15) is 0 Å². The Balaban J connectivity index is 2.06. The predicted octanol–water partition coefficient (Wildman–Crippen LogP) is 1.18. The zero-order chi connectivity index (χ0) is 13.0. The Kier molecular flexibility index (Phi) is 4.33. The fourth-order valence-electron chi connectivity index (χ4n) is 2.33. The zero-order valence-corrected chi connectivity index (χ0v) is 10.7.